The fraction of sp³-hybridized carbons (Fsp3) is 0.538. The Morgan fingerprint density at radius 3 is 3.00 bits per heavy atom. The molecule has 1 aliphatic heterocycles. The molecule has 1 aliphatic rings. The molecule has 0 aromatic carbocycles. The Kier molecular flexibility index (Phi) is 4.49. The van der Waals surface area contributed by atoms with Gasteiger partial charge in [0.1, 0.15) is 0 Å². The predicted octanol–water partition coefficient (Wildman–Crippen LogP) is 0.686. The summed E-state index contributed by atoms with van der Waals surface area (Å²) >= 11 is 0. The van der Waals surface area contributed by atoms with Gasteiger partial charge in [-0.1, -0.05) is 0 Å². The van der Waals surface area contributed by atoms with Gasteiger partial charge in [0, 0.05) is 32.3 Å². The number of hydrogen-bond donors (Lipinski definition) is 1. The van der Waals surface area contributed by atoms with Crippen molar-refractivity contribution < 1.29 is 14.3 Å². The van der Waals surface area contributed by atoms with Crippen LogP contribution in [0, 0.1) is 0 Å². The zero-order valence-corrected chi connectivity index (χ0v) is 11.6. The molecule has 0 aliphatic carbocycles. The van der Waals surface area contributed by atoms with Crippen LogP contribution < -0.4 is 5.32 Å². The van der Waals surface area contributed by atoms with E-state index in [1.165, 1.54) is 19.4 Å². The Hall–Kier alpha value is -2.18. The van der Waals surface area contributed by atoms with Crippen molar-refractivity contribution in [1.82, 2.24) is 14.9 Å². The first kappa shape index (κ1) is 14.2. The summed E-state index contributed by atoms with van der Waals surface area (Å²) in [5.74, 6) is -0.0477. The maximum atomic E-state index is 11.4. The molecule has 1 atom stereocenters. The molecule has 0 spiro atoms. The molecule has 20 heavy (non-hydrogen) atoms. The molecule has 1 N–H and O–H groups in total. The highest BCUT2D eigenvalue weighted by Gasteiger charge is 2.22. The maximum absolute atomic E-state index is 11.4. The Balaban J connectivity index is 2.02. The lowest BCUT2D eigenvalue weighted by atomic mass is 10.1. The van der Waals surface area contributed by atoms with Crippen LogP contribution in [0.3, 0.4) is 0 Å². The number of piperidine rings is 1. The van der Waals surface area contributed by atoms with Crippen LogP contribution in [0.25, 0.3) is 0 Å². The number of anilines is 1. The zero-order chi connectivity index (χ0) is 14.5. The summed E-state index contributed by atoms with van der Waals surface area (Å²) in [4.78, 5) is 32.8. The Morgan fingerprint density at radius 2 is 2.30 bits per heavy atom. The number of hydrogen-bond acceptors (Lipinski definition) is 6. The van der Waals surface area contributed by atoms with Crippen LogP contribution in [0.2, 0.25) is 0 Å². The van der Waals surface area contributed by atoms with Gasteiger partial charge in [-0.05, 0) is 18.9 Å². The van der Waals surface area contributed by atoms with Crippen molar-refractivity contribution in [3.8, 4) is 0 Å². The van der Waals surface area contributed by atoms with Crippen LogP contribution in [0.1, 0.15) is 30.3 Å². The molecule has 7 nitrogen and oxygen atoms in total. The van der Waals surface area contributed by atoms with Crippen molar-refractivity contribution in [2.24, 2.45) is 0 Å². The molecule has 1 fully saturated rings. The van der Waals surface area contributed by atoms with Gasteiger partial charge in [0.15, 0.2) is 5.69 Å². The minimum Gasteiger partial charge on any atom is -0.464 e. The summed E-state index contributed by atoms with van der Waals surface area (Å²) in [6, 6.07) is 1.60. The highest BCUT2D eigenvalue weighted by atomic mass is 16.5. The molecule has 7 heteroatoms. The second-order valence-electron chi connectivity index (χ2n) is 4.71. The van der Waals surface area contributed by atoms with Crippen molar-refractivity contribution >= 4 is 17.8 Å². The largest absolute Gasteiger partial charge is 0.464 e. The van der Waals surface area contributed by atoms with Crippen LogP contribution in [0.5, 0.6) is 0 Å². The average molecular weight is 278 g/mol. The number of ether oxygens (including phenoxy) is 1. The van der Waals surface area contributed by atoms with E-state index in [1.54, 1.807) is 11.8 Å². The summed E-state index contributed by atoms with van der Waals surface area (Å²) in [7, 11) is 1.31. The molecule has 2 rings (SSSR count). The van der Waals surface area contributed by atoms with E-state index in [0.29, 0.717) is 12.5 Å². The third kappa shape index (κ3) is 3.43. The molecule has 1 aromatic rings. The van der Waals surface area contributed by atoms with E-state index in [0.717, 1.165) is 19.4 Å². The van der Waals surface area contributed by atoms with Gasteiger partial charge in [-0.25, -0.2) is 14.8 Å². The molecule has 1 aromatic heterocycles. The highest BCUT2D eigenvalue weighted by Crippen LogP contribution is 2.14. The van der Waals surface area contributed by atoms with Crippen LogP contribution in [-0.4, -0.2) is 53.0 Å². The minimum absolute atomic E-state index is 0.0701. The topological polar surface area (TPSA) is 84.4 Å². The molecule has 108 valence electrons. The summed E-state index contributed by atoms with van der Waals surface area (Å²) in [6.45, 7) is 2.98. The molecule has 2 heterocycles. The summed E-state index contributed by atoms with van der Waals surface area (Å²) in [5.41, 5.74) is 0.212. The Bertz CT molecular complexity index is 506. The third-order valence-corrected chi connectivity index (χ3v) is 3.25. The van der Waals surface area contributed by atoms with Crippen LogP contribution in [0.15, 0.2) is 12.3 Å². The maximum Gasteiger partial charge on any atom is 0.356 e. The lowest BCUT2D eigenvalue weighted by Gasteiger charge is -2.32. The number of methoxy groups -OCH3 is 1. The first-order valence-electron chi connectivity index (χ1n) is 6.53. The molecule has 0 bridgehead atoms. The number of rotatable bonds is 3. The number of nitrogens with zero attached hydrogens (tertiary/aromatic N) is 3. The van der Waals surface area contributed by atoms with Gasteiger partial charge in [0.2, 0.25) is 11.9 Å². The normalized spacial score (nSPS) is 18.5. The number of amides is 1. The molecule has 1 amide bonds. The van der Waals surface area contributed by atoms with Crippen molar-refractivity contribution in [3.05, 3.63) is 18.0 Å². The average Bonchev–Trinajstić information content (AvgIpc) is 2.47. The monoisotopic (exact) mass is 278 g/mol. The lowest BCUT2D eigenvalue weighted by molar-refractivity contribution is -0.129. The van der Waals surface area contributed by atoms with Crippen LogP contribution in [0.4, 0.5) is 5.95 Å². The smallest absolute Gasteiger partial charge is 0.356 e. The number of nitrogens with one attached hydrogen (secondary N) is 1. The van der Waals surface area contributed by atoms with Crippen LogP contribution >= 0.6 is 0 Å². The SMILES string of the molecule is COC(=O)c1ccnc(NC2CCCN(C(C)=O)C2)n1. The predicted molar refractivity (Wildman–Crippen MR) is 72.3 cm³/mol. The number of aromatic nitrogens is 2. The summed E-state index contributed by atoms with van der Waals surface area (Å²) in [6.07, 6.45) is 3.39. The van der Waals surface area contributed by atoms with E-state index in [-0.39, 0.29) is 17.6 Å². The number of carbonyl (C=O) groups is 2. The fourth-order valence-electron chi connectivity index (χ4n) is 2.21. The van der Waals surface area contributed by atoms with E-state index in [2.05, 4.69) is 20.0 Å². The van der Waals surface area contributed by atoms with Crippen molar-refractivity contribution in [3.63, 3.8) is 0 Å². The van der Waals surface area contributed by atoms with Crippen molar-refractivity contribution in [2.75, 3.05) is 25.5 Å². The van der Waals surface area contributed by atoms with E-state index in [9.17, 15) is 9.59 Å². The van der Waals surface area contributed by atoms with E-state index in [1.807, 2.05) is 0 Å². The van der Waals surface area contributed by atoms with E-state index < -0.39 is 5.97 Å². The van der Waals surface area contributed by atoms with Gasteiger partial charge in [-0.15, -0.1) is 0 Å². The first-order chi connectivity index (χ1) is 9.60. The van der Waals surface area contributed by atoms with Gasteiger partial charge in [0.05, 0.1) is 7.11 Å². The first-order valence-corrected chi connectivity index (χ1v) is 6.53. The minimum atomic E-state index is -0.496. The summed E-state index contributed by atoms with van der Waals surface area (Å²) in [5, 5.41) is 3.16. The second-order valence-corrected chi connectivity index (χ2v) is 4.71. The molecule has 0 saturated carbocycles. The molecule has 1 saturated heterocycles. The molecule has 0 radical (unpaired) electrons. The standard InChI is InChI=1S/C13H18N4O3/c1-9(18)17-7-3-4-10(8-17)15-13-14-6-5-11(16-13)12(19)20-2/h5-6,10H,3-4,7-8H2,1-2H3,(H,14,15,16). The second kappa shape index (κ2) is 6.31. The van der Waals surface area contributed by atoms with Gasteiger partial charge >= 0.3 is 5.97 Å². The Morgan fingerprint density at radius 1 is 1.50 bits per heavy atom. The summed E-state index contributed by atoms with van der Waals surface area (Å²) < 4.78 is 4.62. The lowest BCUT2D eigenvalue weighted by Crippen LogP contribution is -2.44. The molecule has 1 unspecified atom stereocenters. The van der Waals surface area contributed by atoms with E-state index in [4.69, 9.17) is 0 Å². The van der Waals surface area contributed by atoms with E-state index >= 15 is 0 Å². The van der Waals surface area contributed by atoms with Crippen LogP contribution in [-0.2, 0) is 9.53 Å². The van der Waals surface area contributed by atoms with Crippen molar-refractivity contribution in [1.29, 1.82) is 0 Å². The highest BCUT2D eigenvalue weighted by molar-refractivity contribution is 5.87. The molecular weight excluding hydrogens is 260 g/mol. The number of likely N-dealkylation sites (tertiary alicyclic amines) is 1. The Labute approximate surface area is 117 Å². The van der Waals surface area contributed by atoms with Gasteiger partial charge in [0.25, 0.3) is 0 Å². The fourth-order valence-corrected chi connectivity index (χ4v) is 2.21. The quantitative estimate of drug-likeness (QED) is 0.819. The zero-order valence-electron chi connectivity index (χ0n) is 11.6. The number of esters is 1. The third-order valence-electron chi connectivity index (χ3n) is 3.25. The number of carbonyl (C=O) groups excluding carboxylic acids is 2. The van der Waals surface area contributed by atoms with Crippen molar-refractivity contribution in [2.45, 2.75) is 25.8 Å². The molecular formula is C13H18N4O3. The van der Waals surface area contributed by atoms with Gasteiger partial charge < -0.3 is 15.0 Å². The van der Waals surface area contributed by atoms with Gasteiger partial charge in [-0.3, -0.25) is 4.79 Å². The van der Waals surface area contributed by atoms with Gasteiger partial charge in [-0.2, -0.15) is 0 Å².